The van der Waals surface area contributed by atoms with Crippen molar-refractivity contribution in [1.82, 2.24) is 9.55 Å². The minimum Gasteiger partial charge on any atom is -0.312 e. The standard InChI is InChI=1S/C22H17F4N3O2S/c1-29-19-18(20(31)28-21(29)32-11-12-2-8-15(23)9-3-12)16(10-17(30)27-19)13-4-6-14(7-5-13)22(24,25)26/h2-9,16H,10-11H2,1H3,(H,27,30). The van der Waals surface area contributed by atoms with Crippen LogP contribution in [-0.2, 0) is 23.8 Å². The van der Waals surface area contributed by atoms with Crippen LogP contribution in [0.4, 0.5) is 23.4 Å². The van der Waals surface area contributed by atoms with Gasteiger partial charge in [-0.15, -0.1) is 0 Å². The first-order valence-electron chi connectivity index (χ1n) is 9.58. The van der Waals surface area contributed by atoms with Gasteiger partial charge in [0.25, 0.3) is 5.56 Å². The lowest BCUT2D eigenvalue weighted by Crippen LogP contribution is -2.33. The minimum absolute atomic E-state index is 0.0721. The number of fused-ring (bicyclic) bond motifs is 1. The second-order valence-electron chi connectivity index (χ2n) is 7.36. The first-order valence-corrected chi connectivity index (χ1v) is 10.6. The lowest BCUT2D eigenvalue weighted by atomic mass is 9.86. The van der Waals surface area contributed by atoms with Crippen LogP contribution in [0.5, 0.6) is 0 Å². The molecule has 0 saturated heterocycles. The molecule has 1 aliphatic rings. The van der Waals surface area contributed by atoms with Gasteiger partial charge in [0.15, 0.2) is 5.16 Å². The summed E-state index contributed by atoms with van der Waals surface area (Å²) in [6.45, 7) is 0. The first-order chi connectivity index (χ1) is 15.1. The number of hydrogen-bond acceptors (Lipinski definition) is 4. The molecule has 1 atom stereocenters. The highest BCUT2D eigenvalue weighted by atomic mass is 32.2. The SMILES string of the molecule is Cn1c(SCc2ccc(F)cc2)nc(=O)c2c1NC(=O)CC2c1ccc(C(F)(F)F)cc1. The quantitative estimate of drug-likeness (QED) is 0.346. The van der Waals surface area contributed by atoms with E-state index in [-0.39, 0.29) is 29.5 Å². The summed E-state index contributed by atoms with van der Waals surface area (Å²) in [4.78, 5) is 29.4. The predicted octanol–water partition coefficient (Wildman–Crippen LogP) is 4.70. The van der Waals surface area contributed by atoms with Gasteiger partial charge in [-0.2, -0.15) is 18.2 Å². The van der Waals surface area contributed by atoms with E-state index in [2.05, 4.69) is 10.3 Å². The van der Waals surface area contributed by atoms with E-state index < -0.39 is 23.2 Å². The maximum absolute atomic E-state index is 13.1. The molecule has 2 aromatic carbocycles. The van der Waals surface area contributed by atoms with Gasteiger partial charge in [0.05, 0.1) is 11.1 Å². The highest BCUT2D eigenvalue weighted by Crippen LogP contribution is 2.37. The maximum Gasteiger partial charge on any atom is 0.416 e. The summed E-state index contributed by atoms with van der Waals surface area (Å²) < 4.78 is 53.3. The number of anilines is 1. The Morgan fingerprint density at radius 3 is 2.38 bits per heavy atom. The lowest BCUT2D eigenvalue weighted by molar-refractivity contribution is -0.137. The Bertz CT molecular complexity index is 1220. The molecule has 1 N–H and O–H groups in total. The van der Waals surface area contributed by atoms with Crippen molar-refractivity contribution in [2.24, 2.45) is 7.05 Å². The Morgan fingerprint density at radius 2 is 1.75 bits per heavy atom. The van der Waals surface area contributed by atoms with Crippen LogP contribution < -0.4 is 10.9 Å². The Morgan fingerprint density at radius 1 is 1.09 bits per heavy atom. The number of halogens is 4. The monoisotopic (exact) mass is 463 g/mol. The van der Waals surface area contributed by atoms with Gasteiger partial charge in [-0.3, -0.25) is 9.59 Å². The number of benzene rings is 2. The molecule has 32 heavy (non-hydrogen) atoms. The largest absolute Gasteiger partial charge is 0.416 e. The second kappa shape index (κ2) is 8.42. The van der Waals surface area contributed by atoms with Gasteiger partial charge in [0, 0.05) is 25.1 Å². The van der Waals surface area contributed by atoms with Crippen LogP contribution in [0.3, 0.4) is 0 Å². The van der Waals surface area contributed by atoms with Crippen LogP contribution >= 0.6 is 11.8 Å². The molecule has 0 saturated carbocycles. The van der Waals surface area contributed by atoms with Crippen LogP contribution in [0, 0.1) is 5.82 Å². The number of alkyl halides is 3. The summed E-state index contributed by atoms with van der Waals surface area (Å²) in [6.07, 6.45) is -4.55. The third-order valence-corrected chi connectivity index (χ3v) is 6.32. The number of aromatic nitrogens is 2. The van der Waals surface area contributed by atoms with E-state index in [1.807, 2.05) is 0 Å². The van der Waals surface area contributed by atoms with Gasteiger partial charge in [-0.25, -0.2) is 4.39 Å². The minimum atomic E-state index is -4.48. The molecule has 0 radical (unpaired) electrons. The summed E-state index contributed by atoms with van der Waals surface area (Å²) in [6, 6.07) is 10.4. The number of thioether (sulfide) groups is 1. The molecule has 0 aliphatic carbocycles. The first kappa shape index (κ1) is 22.1. The van der Waals surface area contributed by atoms with E-state index in [4.69, 9.17) is 0 Å². The number of amides is 1. The van der Waals surface area contributed by atoms with Crippen molar-refractivity contribution in [2.45, 2.75) is 29.4 Å². The summed E-state index contributed by atoms with van der Waals surface area (Å²) in [5, 5.41) is 3.04. The summed E-state index contributed by atoms with van der Waals surface area (Å²) in [5.41, 5.74) is 0.137. The van der Waals surface area contributed by atoms with E-state index in [0.717, 1.165) is 17.7 Å². The molecular formula is C22H17F4N3O2S. The summed E-state index contributed by atoms with van der Waals surface area (Å²) in [7, 11) is 1.65. The van der Waals surface area contributed by atoms with Gasteiger partial charge in [0.1, 0.15) is 11.6 Å². The fourth-order valence-electron chi connectivity index (χ4n) is 3.58. The molecule has 10 heteroatoms. The smallest absolute Gasteiger partial charge is 0.312 e. The zero-order valence-corrected chi connectivity index (χ0v) is 17.6. The number of carbonyl (C=O) groups is 1. The Labute approximate surface area is 184 Å². The van der Waals surface area contributed by atoms with Crippen LogP contribution in [0.25, 0.3) is 0 Å². The Hall–Kier alpha value is -3.14. The topological polar surface area (TPSA) is 64.0 Å². The molecule has 2 heterocycles. The molecule has 166 valence electrons. The van der Waals surface area contributed by atoms with E-state index >= 15 is 0 Å². The van der Waals surface area contributed by atoms with Gasteiger partial charge >= 0.3 is 6.18 Å². The molecule has 1 aromatic heterocycles. The molecule has 0 bridgehead atoms. The zero-order valence-electron chi connectivity index (χ0n) is 16.7. The van der Waals surface area contributed by atoms with Crippen molar-refractivity contribution < 1.29 is 22.4 Å². The molecule has 4 rings (SSSR count). The van der Waals surface area contributed by atoms with E-state index in [9.17, 15) is 27.2 Å². The normalized spacial score (nSPS) is 15.9. The van der Waals surface area contributed by atoms with Crippen molar-refractivity contribution in [2.75, 3.05) is 5.32 Å². The summed E-state index contributed by atoms with van der Waals surface area (Å²) >= 11 is 1.25. The number of nitrogens with one attached hydrogen (secondary N) is 1. The van der Waals surface area contributed by atoms with Crippen molar-refractivity contribution >= 4 is 23.5 Å². The number of hydrogen-bond donors (Lipinski definition) is 1. The molecule has 1 aliphatic heterocycles. The van der Waals surface area contributed by atoms with Gasteiger partial charge in [0.2, 0.25) is 5.91 Å². The van der Waals surface area contributed by atoms with Gasteiger partial charge in [-0.1, -0.05) is 36.0 Å². The second-order valence-corrected chi connectivity index (χ2v) is 8.30. The Kier molecular flexibility index (Phi) is 5.81. The fraction of sp³-hybridized carbons (Fsp3) is 0.227. The maximum atomic E-state index is 13.1. The lowest BCUT2D eigenvalue weighted by Gasteiger charge is -2.27. The average Bonchev–Trinajstić information content (AvgIpc) is 2.75. The number of nitrogens with zero attached hydrogens (tertiary/aromatic N) is 2. The van der Waals surface area contributed by atoms with Crippen LogP contribution in [0.1, 0.15) is 34.6 Å². The Balaban J connectivity index is 1.68. The van der Waals surface area contributed by atoms with Crippen molar-refractivity contribution in [1.29, 1.82) is 0 Å². The molecule has 5 nitrogen and oxygen atoms in total. The average molecular weight is 463 g/mol. The predicted molar refractivity (Wildman–Crippen MR) is 112 cm³/mol. The van der Waals surface area contributed by atoms with Crippen molar-refractivity contribution in [3.63, 3.8) is 0 Å². The molecule has 1 amide bonds. The van der Waals surface area contributed by atoms with Crippen LogP contribution in [0.15, 0.2) is 58.5 Å². The van der Waals surface area contributed by atoms with E-state index in [0.29, 0.717) is 16.5 Å². The van der Waals surface area contributed by atoms with Crippen LogP contribution in [0.2, 0.25) is 0 Å². The van der Waals surface area contributed by atoms with Crippen LogP contribution in [-0.4, -0.2) is 15.5 Å². The van der Waals surface area contributed by atoms with Gasteiger partial charge < -0.3 is 9.88 Å². The van der Waals surface area contributed by atoms with Crippen molar-refractivity contribution in [3.8, 4) is 0 Å². The van der Waals surface area contributed by atoms with E-state index in [1.165, 1.54) is 36.0 Å². The summed E-state index contributed by atoms with van der Waals surface area (Å²) in [5.74, 6) is -0.709. The van der Waals surface area contributed by atoms with Gasteiger partial charge in [-0.05, 0) is 35.4 Å². The zero-order chi connectivity index (χ0) is 23.0. The highest BCUT2D eigenvalue weighted by molar-refractivity contribution is 7.98. The number of carbonyl (C=O) groups excluding carboxylic acids is 1. The molecule has 1 unspecified atom stereocenters. The third-order valence-electron chi connectivity index (χ3n) is 5.22. The molecule has 0 fully saturated rings. The van der Waals surface area contributed by atoms with E-state index in [1.54, 1.807) is 23.7 Å². The van der Waals surface area contributed by atoms with Crippen molar-refractivity contribution in [3.05, 3.63) is 87.0 Å². The highest BCUT2D eigenvalue weighted by Gasteiger charge is 2.34. The third kappa shape index (κ3) is 4.40. The molecular weight excluding hydrogens is 446 g/mol. The fourth-order valence-corrected chi connectivity index (χ4v) is 4.50. The molecule has 0 spiro atoms. The molecule has 3 aromatic rings. The number of rotatable bonds is 4.